The first-order valence-electron chi connectivity index (χ1n) is 24.0. The first-order chi connectivity index (χ1) is 33.0. The number of hydrogen-bond acceptors (Lipinski definition) is 12. The summed E-state index contributed by atoms with van der Waals surface area (Å²) in [6.07, 6.45) is 9.66. The van der Waals surface area contributed by atoms with Crippen molar-refractivity contribution in [1.29, 1.82) is 0 Å². The monoisotopic (exact) mass is 996 g/mol. The number of nitro groups is 1. The first kappa shape index (κ1) is 48.7. The highest BCUT2D eigenvalue weighted by Crippen LogP contribution is 2.43. The Bertz CT molecular complexity index is 3000. The highest BCUT2D eigenvalue weighted by atomic mass is 35.5. The van der Waals surface area contributed by atoms with Crippen LogP contribution in [-0.4, -0.2) is 113 Å². The Kier molecular flexibility index (Phi) is 14.2. The van der Waals surface area contributed by atoms with Gasteiger partial charge in [-0.05, 0) is 116 Å². The molecular weight excluding hydrogens is 936 g/mol. The number of aromatic amines is 1. The lowest BCUT2D eigenvalue weighted by atomic mass is 9.72. The molecule has 366 valence electrons. The van der Waals surface area contributed by atoms with E-state index in [1.54, 1.807) is 30.5 Å². The van der Waals surface area contributed by atoms with Crippen molar-refractivity contribution in [3.8, 4) is 11.5 Å². The molecule has 5 aromatic rings. The summed E-state index contributed by atoms with van der Waals surface area (Å²) in [6, 6.07) is 20.9. The second-order valence-electron chi connectivity index (χ2n) is 20.0. The summed E-state index contributed by atoms with van der Waals surface area (Å²) in [5.41, 5.74) is 5.82. The summed E-state index contributed by atoms with van der Waals surface area (Å²) in [7, 11) is -6.70. The summed E-state index contributed by atoms with van der Waals surface area (Å²) in [6.45, 7) is 12.8. The standard InChI is InChI=1S/C51H61ClN8O7S2/c1-35(16-19-57-24-26-68(64,27-25-57)55-41-9-10-41)28-37-6-12-44(31-47(37)60(62)63)69(65,66)56-50(61)45-13-11-42(30-48(45)67-43-29-38-15-18-53-49(38)54-33-43)59-22-20-58(21-23-59)34-39-14-17-51(2,3)32-46(39)36-4-7-40(52)8-5-36/h4-8,11-13,15,18,29-31,33,35,41H,9-10,14,16-17,19-28,32,34H2,1-3H3,(H,53,54)(H,56,61)/t35-/m0/s1. The maximum Gasteiger partial charge on any atom is 0.273 e. The van der Waals surface area contributed by atoms with Crippen LogP contribution in [0.25, 0.3) is 16.6 Å². The molecule has 1 saturated carbocycles. The number of hydrogen-bond donors (Lipinski definition) is 2. The number of nitrogens with zero attached hydrogens (tertiary/aromatic N) is 6. The van der Waals surface area contributed by atoms with Crippen LogP contribution in [0.3, 0.4) is 0 Å². The summed E-state index contributed by atoms with van der Waals surface area (Å²) in [4.78, 5) is 39.9. The van der Waals surface area contributed by atoms with Gasteiger partial charge in [-0.1, -0.05) is 56.1 Å². The zero-order chi connectivity index (χ0) is 48.5. The predicted octanol–water partition coefficient (Wildman–Crippen LogP) is 9.34. The minimum absolute atomic E-state index is 0.0367. The maximum atomic E-state index is 14.1. The molecule has 0 spiro atoms. The van der Waals surface area contributed by atoms with Gasteiger partial charge in [0.15, 0.2) is 0 Å². The summed E-state index contributed by atoms with van der Waals surface area (Å²) in [5, 5.41) is 13.9. The van der Waals surface area contributed by atoms with E-state index in [0.717, 1.165) is 100.0 Å². The third kappa shape index (κ3) is 12.0. The fourth-order valence-electron chi connectivity index (χ4n) is 9.69. The second kappa shape index (κ2) is 20.2. The van der Waals surface area contributed by atoms with Gasteiger partial charge in [-0.2, -0.15) is 0 Å². The molecule has 15 nitrogen and oxygen atoms in total. The van der Waals surface area contributed by atoms with Crippen molar-refractivity contribution in [3.63, 3.8) is 0 Å². The van der Waals surface area contributed by atoms with Crippen LogP contribution >= 0.6 is 11.6 Å². The van der Waals surface area contributed by atoms with Gasteiger partial charge in [0, 0.05) is 107 Å². The van der Waals surface area contributed by atoms with Crippen LogP contribution < -0.4 is 14.4 Å². The highest BCUT2D eigenvalue weighted by molar-refractivity contribution is 7.93. The molecule has 4 heterocycles. The SMILES string of the molecule is C[C@@H](CCN1CCS(=O)(=NC2CC2)CC1)Cc1ccc(S(=O)(=O)NC(=O)c2ccc(N3CCN(CC4=C(c5ccc(Cl)cc5)CC(C)(C)CC4)CC3)cc2Oc2cnc3[nH]ccc3c2)cc1[N+](=O)[O-]. The lowest BCUT2D eigenvalue weighted by molar-refractivity contribution is -0.385. The third-order valence-electron chi connectivity index (χ3n) is 14.0. The number of piperazine rings is 1. The molecular formula is C51H61ClN8O7S2. The van der Waals surface area contributed by atoms with Gasteiger partial charge >= 0.3 is 0 Å². The average Bonchev–Trinajstić information content (AvgIpc) is 4.00. The number of benzene rings is 3. The van der Waals surface area contributed by atoms with Crippen LogP contribution in [0.15, 0.2) is 100 Å². The molecule has 9 rings (SSSR count). The van der Waals surface area contributed by atoms with Crippen LogP contribution in [0, 0.1) is 21.4 Å². The molecule has 3 fully saturated rings. The number of carbonyl (C=O) groups excluding carboxylic acids is 1. The fraction of sp³-hybridized carbons (Fsp3) is 0.451. The van der Waals surface area contributed by atoms with Crippen molar-refractivity contribution in [2.24, 2.45) is 15.7 Å². The number of nitro benzene ring substituents is 1. The van der Waals surface area contributed by atoms with E-state index in [1.807, 2.05) is 25.1 Å². The molecule has 1 atom stereocenters. The van der Waals surface area contributed by atoms with Crippen molar-refractivity contribution >= 4 is 65.2 Å². The third-order valence-corrected chi connectivity index (χ3v) is 17.9. The van der Waals surface area contributed by atoms with Crippen molar-refractivity contribution in [1.82, 2.24) is 24.5 Å². The Morgan fingerprint density at radius 2 is 1.77 bits per heavy atom. The molecule has 2 N–H and O–H groups in total. The summed E-state index contributed by atoms with van der Waals surface area (Å²) < 4.78 is 53.9. The Morgan fingerprint density at radius 3 is 2.49 bits per heavy atom. The van der Waals surface area contributed by atoms with E-state index >= 15 is 0 Å². The van der Waals surface area contributed by atoms with Crippen molar-refractivity contribution < 1.29 is 27.1 Å². The van der Waals surface area contributed by atoms with Gasteiger partial charge in [0.2, 0.25) is 0 Å². The van der Waals surface area contributed by atoms with Gasteiger partial charge in [0.25, 0.3) is 21.6 Å². The molecule has 0 unspecified atom stereocenters. The minimum Gasteiger partial charge on any atom is -0.455 e. The molecule has 2 saturated heterocycles. The number of sulfonamides is 1. The highest BCUT2D eigenvalue weighted by Gasteiger charge is 2.31. The van der Waals surface area contributed by atoms with Crippen LogP contribution in [-0.2, 0) is 26.2 Å². The topological polar surface area (TPSA) is 183 Å². The van der Waals surface area contributed by atoms with E-state index in [0.29, 0.717) is 48.0 Å². The number of fused-ring (bicyclic) bond motifs is 1. The quantitative estimate of drug-likeness (QED) is 0.0710. The number of anilines is 1. The molecule has 2 aliphatic heterocycles. The normalized spacial score (nSPS) is 19.3. The number of amides is 1. The Hall–Kier alpha value is -5.33. The van der Waals surface area contributed by atoms with Crippen LogP contribution in [0.1, 0.15) is 80.8 Å². The maximum absolute atomic E-state index is 14.1. The fourth-order valence-corrected chi connectivity index (χ4v) is 13.1. The van der Waals surface area contributed by atoms with Crippen LogP contribution in [0.5, 0.6) is 11.5 Å². The van der Waals surface area contributed by atoms with E-state index in [9.17, 15) is 27.5 Å². The average molecular weight is 998 g/mol. The number of allylic oxidation sites excluding steroid dienone is 1. The lowest BCUT2D eigenvalue weighted by Gasteiger charge is -2.39. The van der Waals surface area contributed by atoms with E-state index in [-0.39, 0.29) is 34.4 Å². The van der Waals surface area contributed by atoms with Gasteiger partial charge in [-0.15, -0.1) is 0 Å². The minimum atomic E-state index is -4.58. The van der Waals surface area contributed by atoms with Gasteiger partial charge < -0.3 is 19.5 Å². The second-order valence-corrected chi connectivity index (χ2v) is 24.7. The number of pyridine rings is 1. The largest absolute Gasteiger partial charge is 0.455 e. The van der Waals surface area contributed by atoms with E-state index in [1.165, 1.54) is 35.0 Å². The number of ether oxygens (including phenoxy) is 1. The van der Waals surface area contributed by atoms with Crippen molar-refractivity contribution in [2.45, 2.75) is 76.7 Å². The number of nitrogens with one attached hydrogen (secondary N) is 2. The van der Waals surface area contributed by atoms with Gasteiger partial charge in [-0.25, -0.2) is 26.7 Å². The van der Waals surface area contributed by atoms with Crippen molar-refractivity contribution in [3.05, 3.63) is 123 Å². The number of rotatable bonds is 16. The molecule has 4 aliphatic rings. The summed E-state index contributed by atoms with van der Waals surface area (Å²) in [5.74, 6) is 0.717. The molecule has 69 heavy (non-hydrogen) atoms. The predicted molar refractivity (Wildman–Crippen MR) is 272 cm³/mol. The van der Waals surface area contributed by atoms with Crippen LogP contribution in [0.2, 0.25) is 5.02 Å². The first-order valence-corrected chi connectivity index (χ1v) is 27.7. The molecule has 18 heteroatoms. The van der Waals surface area contributed by atoms with Gasteiger partial charge in [0.1, 0.15) is 17.1 Å². The Morgan fingerprint density at radius 1 is 1.01 bits per heavy atom. The number of carbonyl (C=O) groups is 1. The molecule has 2 aliphatic carbocycles. The van der Waals surface area contributed by atoms with Crippen LogP contribution in [0.4, 0.5) is 11.4 Å². The zero-order valence-corrected chi connectivity index (χ0v) is 41.9. The molecule has 3 aromatic carbocycles. The van der Waals surface area contributed by atoms with Gasteiger partial charge in [-0.3, -0.25) is 19.8 Å². The van der Waals surface area contributed by atoms with E-state index < -0.39 is 35.5 Å². The summed E-state index contributed by atoms with van der Waals surface area (Å²) >= 11 is 6.26. The van der Waals surface area contributed by atoms with Gasteiger partial charge in [0.05, 0.1) is 27.6 Å². The molecule has 2 aromatic heterocycles. The number of halogens is 1. The number of aromatic nitrogens is 2. The molecule has 0 bridgehead atoms. The number of H-pyrrole nitrogens is 1. The van der Waals surface area contributed by atoms with Crippen molar-refractivity contribution in [2.75, 3.05) is 68.8 Å². The van der Waals surface area contributed by atoms with E-state index in [2.05, 4.69) is 59.7 Å². The Labute approximate surface area is 410 Å². The zero-order valence-electron chi connectivity index (χ0n) is 39.5. The molecule has 0 radical (unpaired) electrons. The Balaban J connectivity index is 0.882. The molecule has 1 amide bonds. The smallest absolute Gasteiger partial charge is 0.273 e. The lowest BCUT2D eigenvalue weighted by Crippen LogP contribution is -2.47. The van der Waals surface area contributed by atoms with E-state index in [4.69, 9.17) is 16.3 Å².